The Morgan fingerprint density at radius 3 is 2.40 bits per heavy atom. The zero-order valence-electron chi connectivity index (χ0n) is 7.66. The second kappa shape index (κ2) is 3.56. The van der Waals surface area contributed by atoms with E-state index >= 15 is 0 Å². The lowest BCUT2D eigenvalue weighted by Gasteiger charge is -2.03. The summed E-state index contributed by atoms with van der Waals surface area (Å²) in [6, 6.07) is 8.25. The largest absolute Gasteiger partial charge is 0.472 e. The molecule has 0 amide bonds. The average Bonchev–Trinajstić information content (AvgIpc) is 2.67. The van der Waals surface area contributed by atoms with Crippen LogP contribution >= 0.6 is 0 Å². The van der Waals surface area contributed by atoms with Gasteiger partial charge in [0.1, 0.15) is 12.6 Å². The SMILES string of the molecule is FC(F)(F)C1=NC(c2ccccc2)CO1. The van der Waals surface area contributed by atoms with Crippen LogP contribution in [0, 0.1) is 0 Å². The van der Waals surface area contributed by atoms with Gasteiger partial charge in [0.15, 0.2) is 0 Å². The molecule has 80 valence electrons. The molecule has 2 nitrogen and oxygen atoms in total. The van der Waals surface area contributed by atoms with Crippen LogP contribution in [0.3, 0.4) is 0 Å². The summed E-state index contributed by atoms with van der Waals surface area (Å²) in [5.74, 6) is -1.13. The van der Waals surface area contributed by atoms with Crippen molar-refractivity contribution in [1.29, 1.82) is 0 Å². The van der Waals surface area contributed by atoms with Gasteiger partial charge in [-0.15, -0.1) is 0 Å². The van der Waals surface area contributed by atoms with Gasteiger partial charge in [-0.25, -0.2) is 4.99 Å². The molecule has 2 rings (SSSR count). The fourth-order valence-electron chi connectivity index (χ4n) is 1.37. The van der Waals surface area contributed by atoms with Crippen molar-refractivity contribution in [3.05, 3.63) is 35.9 Å². The van der Waals surface area contributed by atoms with Gasteiger partial charge >= 0.3 is 6.18 Å². The number of ether oxygens (including phenoxy) is 1. The van der Waals surface area contributed by atoms with Crippen molar-refractivity contribution >= 4 is 5.90 Å². The topological polar surface area (TPSA) is 21.6 Å². The van der Waals surface area contributed by atoms with Crippen LogP contribution in [0.4, 0.5) is 13.2 Å². The molecule has 0 fully saturated rings. The van der Waals surface area contributed by atoms with Crippen LogP contribution in [0.25, 0.3) is 0 Å². The van der Waals surface area contributed by atoms with Crippen molar-refractivity contribution in [2.45, 2.75) is 12.2 Å². The monoisotopic (exact) mass is 215 g/mol. The quantitative estimate of drug-likeness (QED) is 0.705. The standard InChI is InChI=1S/C10H8F3NO/c11-10(12,13)9-14-8(6-15-9)7-4-2-1-3-5-7/h1-5,8H,6H2. The van der Waals surface area contributed by atoms with E-state index < -0.39 is 18.1 Å². The summed E-state index contributed by atoms with van der Waals surface area (Å²) in [5.41, 5.74) is 0.733. The first-order chi connectivity index (χ1) is 7.07. The summed E-state index contributed by atoms with van der Waals surface area (Å²) >= 11 is 0. The first kappa shape index (κ1) is 10.0. The van der Waals surface area contributed by atoms with E-state index in [2.05, 4.69) is 9.73 Å². The van der Waals surface area contributed by atoms with Gasteiger partial charge in [0.2, 0.25) is 0 Å². The molecular weight excluding hydrogens is 207 g/mol. The Kier molecular flexibility index (Phi) is 2.38. The molecule has 1 aromatic rings. The second-order valence-electron chi connectivity index (χ2n) is 3.17. The fraction of sp³-hybridized carbons (Fsp3) is 0.300. The van der Waals surface area contributed by atoms with E-state index in [1.807, 2.05) is 0 Å². The van der Waals surface area contributed by atoms with Gasteiger partial charge in [0.25, 0.3) is 5.90 Å². The summed E-state index contributed by atoms with van der Waals surface area (Å²) in [6.07, 6.45) is -4.48. The van der Waals surface area contributed by atoms with E-state index in [0.29, 0.717) is 0 Å². The molecule has 0 aromatic heterocycles. The van der Waals surface area contributed by atoms with Crippen molar-refractivity contribution in [3.63, 3.8) is 0 Å². The van der Waals surface area contributed by atoms with Crippen molar-refractivity contribution in [2.75, 3.05) is 6.61 Å². The Bertz CT molecular complexity index is 372. The number of aliphatic imine (C=N–C) groups is 1. The van der Waals surface area contributed by atoms with E-state index in [1.54, 1.807) is 30.3 Å². The van der Waals surface area contributed by atoms with Gasteiger partial charge in [-0.1, -0.05) is 30.3 Å². The van der Waals surface area contributed by atoms with Crippen LogP contribution in [-0.4, -0.2) is 18.7 Å². The first-order valence-electron chi connectivity index (χ1n) is 4.40. The van der Waals surface area contributed by atoms with Gasteiger partial charge in [0, 0.05) is 0 Å². The van der Waals surface area contributed by atoms with Crippen molar-refractivity contribution < 1.29 is 17.9 Å². The Morgan fingerprint density at radius 2 is 1.87 bits per heavy atom. The highest BCUT2D eigenvalue weighted by atomic mass is 19.4. The second-order valence-corrected chi connectivity index (χ2v) is 3.17. The number of benzene rings is 1. The zero-order valence-corrected chi connectivity index (χ0v) is 7.66. The number of hydrogen-bond acceptors (Lipinski definition) is 2. The maximum atomic E-state index is 12.2. The van der Waals surface area contributed by atoms with Gasteiger partial charge in [0.05, 0.1) is 0 Å². The minimum atomic E-state index is -4.48. The lowest BCUT2D eigenvalue weighted by Crippen LogP contribution is -2.22. The molecule has 1 aromatic carbocycles. The molecule has 0 radical (unpaired) electrons. The maximum Gasteiger partial charge on any atom is 0.468 e. The van der Waals surface area contributed by atoms with E-state index in [9.17, 15) is 13.2 Å². The average molecular weight is 215 g/mol. The summed E-state index contributed by atoms with van der Waals surface area (Å²) in [5, 5.41) is 0. The fourth-order valence-corrected chi connectivity index (χ4v) is 1.37. The number of alkyl halides is 3. The Hall–Kier alpha value is -1.52. The predicted molar refractivity (Wildman–Crippen MR) is 48.6 cm³/mol. The lowest BCUT2D eigenvalue weighted by atomic mass is 10.1. The van der Waals surface area contributed by atoms with E-state index in [0.717, 1.165) is 5.56 Å². The molecule has 5 heteroatoms. The normalized spacial score (nSPS) is 21.0. The molecule has 0 bridgehead atoms. The first-order valence-corrected chi connectivity index (χ1v) is 4.40. The van der Waals surface area contributed by atoms with Crippen molar-refractivity contribution in [1.82, 2.24) is 0 Å². The highest BCUT2D eigenvalue weighted by Crippen LogP contribution is 2.29. The molecule has 1 atom stereocenters. The highest BCUT2D eigenvalue weighted by molar-refractivity contribution is 5.83. The minimum Gasteiger partial charge on any atom is -0.472 e. The molecular formula is C10H8F3NO. The van der Waals surface area contributed by atoms with Crippen LogP contribution in [0.15, 0.2) is 35.3 Å². The third-order valence-electron chi connectivity index (χ3n) is 2.08. The van der Waals surface area contributed by atoms with Crippen LogP contribution < -0.4 is 0 Å². The lowest BCUT2D eigenvalue weighted by molar-refractivity contribution is -0.0753. The van der Waals surface area contributed by atoms with Crippen molar-refractivity contribution in [3.8, 4) is 0 Å². The molecule has 0 aliphatic carbocycles. The molecule has 1 heterocycles. The molecule has 0 N–H and O–H groups in total. The summed E-state index contributed by atoms with van der Waals surface area (Å²) in [4.78, 5) is 3.50. The number of rotatable bonds is 1. The molecule has 15 heavy (non-hydrogen) atoms. The van der Waals surface area contributed by atoms with Crippen LogP contribution in [0.1, 0.15) is 11.6 Å². The maximum absolute atomic E-state index is 12.2. The van der Waals surface area contributed by atoms with Gasteiger partial charge in [-0.3, -0.25) is 0 Å². The van der Waals surface area contributed by atoms with Gasteiger partial charge in [-0.05, 0) is 5.56 Å². The molecule has 0 spiro atoms. The molecule has 0 saturated heterocycles. The summed E-state index contributed by atoms with van der Waals surface area (Å²) in [6.45, 7) is -0.0428. The Morgan fingerprint density at radius 1 is 1.20 bits per heavy atom. The predicted octanol–water partition coefficient (Wildman–Crippen LogP) is 2.72. The van der Waals surface area contributed by atoms with Crippen LogP contribution in [0.2, 0.25) is 0 Å². The number of halogens is 3. The van der Waals surface area contributed by atoms with Crippen molar-refractivity contribution in [2.24, 2.45) is 4.99 Å². The number of nitrogens with zero attached hydrogens (tertiary/aromatic N) is 1. The van der Waals surface area contributed by atoms with Gasteiger partial charge < -0.3 is 4.74 Å². The molecule has 1 aliphatic rings. The molecule has 0 saturated carbocycles. The van der Waals surface area contributed by atoms with Crippen LogP contribution in [-0.2, 0) is 4.74 Å². The van der Waals surface area contributed by atoms with E-state index in [1.165, 1.54) is 0 Å². The summed E-state index contributed by atoms with van der Waals surface area (Å²) in [7, 11) is 0. The van der Waals surface area contributed by atoms with Gasteiger partial charge in [-0.2, -0.15) is 13.2 Å². The Balaban J connectivity index is 2.20. The minimum absolute atomic E-state index is 0.0428. The van der Waals surface area contributed by atoms with E-state index in [-0.39, 0.29) is 6.61 Å². The molecule has 1 aliphatic heterocycles. The summed E-state index contributed by atoms with van der Waals surface area (Å²) < 4.78 is 41.1. The third kappa shape index (κ3) is 2.11. The van der Waals surface area contributed by atoms with E-state index in [4.69, 9.17) is 0 Å². The zero-order chi connectivity index (χ0) is 10.9. The number of hydrogen-bond donors (Lipinski definition) is 0. The smallest absolute Gasteiger partial charge is 0.468 e. The Labute approximate surface area is 84.4 Å². The highest BCUT2D eigenvalue weighted by Gasteiger charge is 2.42. The van der Waals surface area contributed by atoms with Crippen LogP contribution in [0.5, 0.6) is 0 Å². The third-order valence-corrected chi connectivity index (χ3v) is 2.08. The molecule has 1 unspecified atom stereocenters.